The molecule has 4 heteroatoms. The van der Waals surface area contributed by atoms with Crippen molar-refractivity contribution < 1.29 is 9.53 Å². The maximum Gasteiger partial charge on any atom is 0.323 e. The lowest BCUT2D eigenvalue weighted by Gasteiger charge is -2.11. The van der Waals surface area contributed by atoms with Gasteiger partial charge in [0.1, 0.15) is 12.6 Å². The van der Waals surface area contributed by atoms with Gasteiger partial charge in [-0.3, -0.25) is 4.79 Å². The summed E-state index contributed by atoms with van der Waals surface area (Å²) in [5.41, 5.74) is 2.35. The first-order valence-electron chi connectivity index (χ1n) is 7.79. The van der Waals surface area contributed by atoms with E-state index in [1.807, 2.05) is 36.4 Å². The normalized spacial score (nSPS) is 19.8. The molecule has 2 aromatic carbocycles. The van der Waals surface area contributed by atoms with E-state index in [0.29, 0.717) is 12.5 Å². The number of hydrogen-bond donors (Lipinski definition) is 1. The highest BCUT2D eigenvalue weighted by Gasteiger charge is 2.30. The van der Waals surface area contributed by atoms with Crippen molar-refractivity contribution >= 4 is 18.4 Å². The zero-order valence-corrected chi connectivity index (χ0v) is 13.8. The Kier molecular flexibility index (Phi) is 6.63. The van der Waals surface area contributed by atoms with Gasteiger partial charge in [-0.05, 0) is 36.4 Å². The Bertz CT molecular complexity index is 603. The number of ether oxygens (including phenoxy) is 1. The van der Waals surface area contributed by atoms with Gasteiger partial charge in [0, 0.05) is 0 Å². The lowest BCUT2D eigenvalue weighted by molar-refractivity contribution is -0.147. The van der Waals surface area contributed by atoms with Crippen molar-refractivity contribution in [1.82, 2.24) is 5.32 Å². The van der Waals surface area contributed by atoms with Crippen LogP contribution in [0.4, 0.5) is 0 Å². The molecular weight excluding hydrogens is 310 g/mol. The van der Waals surface area contributed by atoms with Gasteiger partial charge < -0.3 is 10.1 Å². The fraction of sp³-hybridized carbons (Fsp3) is 0.316. The van der Waals surface area contributed by atoms with Crippen molar-refractivity contribution in [3.8, 4) is 0 Å². The first kappa shape index (κ1) is 17.5. The standard InChI is InChI=1S/C19H21NO2.ClH/c21-19(22-14-16-9-5-2-6-10-16)18-12-17(13-20-18)11-15-7-3-1-4-8-15;/h1-10,17-18,20H,11-14H2;1H/t17-,18-;/m0./s1. The van der Waals surface area contributed by atoms with Gasteiger partial charge in [-0.15, -0.1) is 12.4 Å². The summed E-state index contributed by atoms with van der Waals surface area (Å²) < 4.78 is 5.41. The van der Waals surface area contributed by atoms with E-state index in [4.69, 9.17) is 4.74 Å². The van der Waals surface area contributed by atoms with E-state index in [2.05, 4.69) is 29.6 Å². The molecule has 0 bridgehead atoms. The van der Waals surface area contributed by atoms with Gasteiger partial charge in [-0.25, -0.2) is 0 Å². The van der Waals surface area contributed by atoms with Gasteiger partial charge in [0.05, 0.1) is 0 Å². The van der Waals surface area contributed by atoms with Crippen molar-refractivity contribution in [3.05, 3.63) is 71.8 Å². The third kappa shape index (κ3) is 5.08. The molecule has 1 saturated heterocycles. The number of carbonyl (C=O) groups is 1. The Morgan fingerprint density at radius 3 is 2.26 bits per heavy atom. The molecular formula is C19H22ClNO2. The summed E-state index contributed by atoms with van der Waals surface area (Å²) in [5.74, 6) is 0.357. The second kappa shape index (κ2) is 8.70. The Morgan fingerprint density at radius 1 is 1.00 bits per heavy atom. The first-order valence-corrected chi connectivity index (χ1v) is 7.79. The first-order chi connectivity index (χ1) is 10.8. The molecule has 23 heavy (non-hydrogen) atoms. The topological polar surface area (TPSA) is 38.3 Å². The summed E-state index contributed by atoms with van der Waals surface area (Å²) in [6.07, 6.45) is 1.86. The monoisotopic (exact) mass is 331 g/mol. The highest BCUT2D eigenvalue weighted by molar-refractivity contribution is 5.85. The lowest BCUT2D eigenvalue weighted by Crippen LogP contribution is -2.32. The maximum atomic E-state index is 12.1. The molecule has 0 spiro atoms. The zero-order chi connectivity index (χ0) is 15.2. The van der Waals surface area contributed by atoms with Gasteiger partial charge in [-0.1, -0.05) is 60.7 Å². The minimum Gasteiger partial charge on any atom is -0.460 e. The van der Waals surface area contributed by atoms with Crippen LogP contribution < -0.4 is 5.32 Å². The van der Waals surface area contributed by atoms with Crippen LogP contribution in [-0.2, 0) is 22.6 Å². The van der Waals surface area contributed by atoms with Crippen LogP contribution in [0, 0.1) is 5.92 Å². The molecule has 0 aromatic heterocycles. The molecule has 3 rings (SSSR count). The van der Waals surface area contributed by atoms with Gasteiger partial charge in [-0.2, -0.15) is 0 Å². The fourth-order valence-electron chi connectivity index (χ4n) is 2.92. The lowest BCUT2D eigenvalue weighted by atomic mass is 9.97. The molecule has 0 unspecified atom stereocenters. The number of esters is 1. The predicted octanol–water partition coefficient (Wildman–Crippen LogP) is 3.37. The van der Waals surface area contributed by atoms with Crippen molar-refractivity contribution in [2.45, 2.75) is 25.5 Å². The molecule has 1 heterocycles. The van der Waals surface area contributed by atoms with Crippen LogP contribution in [0.3, 0.4) is 0 Å². The van der Waals surface area contributed by atoms with Crippen LogP contribution in [0.1, 0.15) is 17.5 Å². The van der Waals surface area contributed by atoms with E-state index in [9.17, 15) is 4.79 Å². The van der Waals surface area contributed by atoms with Gasteiger partial charge >= 0.3 is 5.97 Å². The van der Waals surface area contributed by atoms with E-state index in [-0.39, 0.29) is 24.4 Å². The summed E-state index contributed by atoms with van der Waals surface area (Å²) in [6, 6.07) is 20.0. The number of rotatable bonds is 5. The van der Waals surface area contributed by atoms with Gasteiger partial charge in [0.2, 0.25) is 0 Å². The molecule has 3 nitrogen and oxygen atoms in total. The third-order valence-corrected chi connectivity index (χ3v) is 4.10. The van der Waals surface area contributed by atoms with Crippen molar-refractivity contribution in [3.63, 3.8) is 0 Å². The Labute approximate surface area is 143 Å². The van der Waals surface area contributed by atoms with E-state index in [1.54, 1.807) is 0 Å². The quantitative estimate of drug-likeness (QED) is 0.854. The van der Waals surface area contributed by atoms with Crippen LogP contribution in [0.15, 0.2) is 60.7 Å². The van der Waals surface area contributed by atoms with E-state index < -0.39 is 0 Å². The zero-order valence-electron chi connectivity index (χ0n) is 13.0. The number of halogens is 1. The number of carbonyl (C=O) groups excluding carboxylic acids is 1. The molecule has 2 atom stereocenters. The van der Waals surface area contributed by atoms with Crippen LogP contribution >= 0.6 is 12.4 Å². The van der Waals surface area contributed by atoms with Crippen molar-refractivity contribution in [2.24, 2.45) is 5.92 Å². The average Bonchev–Trinajstić information content (AvgIpc) is 3.03. The fourth-order valence-corrected chi connectivity index (χ4v) is 2.92. The van der Waals surface area contributed by atoms with Crippen molar-refractivity contribution in [1.29, 1.82) is 0 Å². The Balaban J connectivity index is 0.00000192. The molecule has 1 aliphatic heterocycles. The second-order valence-corrected chi connectivity index (χ2v) is 5.85. The maximum absolute atomic E-state index is 12.1. The summed E-state index contributed by atoms with van der Waals surface area (Å²) in [7, 11) is 0. The molecule has 2 aromatic rings. The summed E-state index contributed by atoms with van der Waals surface area (Å²) >= 11 is 0. The van der Waals surface area contributed by atoms with Crippen LogP contribution in [0.25, 0.3) is 0 Å². The van der Waals surface area contributed by atoms with Crippen LogP contribution in [0.5, 0.6) is 0 Å². The number of hydrogen-bond acceptors (Lipinski definition) is 3. The SMILES string of the molecule is Cl.O=C(OCc1ccccc1)[C@@H]1C[C@H](Cc2ccccc2)CN1. The molecule has 0 amide bonds. The van der Waals surface area contributed by atoms with Gasteiger partial charge in [0.25, 0.3) is 0 Å². The molecule has 1 fully saturated rings. The minimum atomic E-state index is -0.169. The molecule has 1 N–H and O–H groups in total. The highest BCUT2D eigenvalue weighted by atomic mass is 35.5. The highest BCUT2D eigenvalue weighted by Crippen LogP contribution is 2.20. The third-order valence-electron chi connectivity index (χ3n) is 4.10. The molecule has 122 valence electrons. The average molecular weight is 332 g/mol. The van der Waals surface area contributed by atoms with E-state index in [0.717, 1.165) is 24.9 Å². The summed E-state index contributed by atoms with van der Waals surface area (Å²) in [6.45, 7) is 1.22. The predicted molar refractivity (Wildman–Crippen MR) is 93.5 cm³/mol. The largest absolute Gasteiger partial charge is 0.460 e. The summed E-state index contributed by atoms with van der Waals surface area (Å²) in [5, 5.41) is 3.29. The summed E-state index contributed by atoms with van der Waals surface area (Å²) in [4.78, 5) is 12.1. The number of benzene rings is 2. The van der Waals surface area contributed by atoms with Crippen LogP contribution in [0.2, 0.25) is 0 Å². The Morgan fingerprint density at radius 2 is 1.61 bits per heavy atom. The van der Waals surface area contributed by atoms with E-state index >= 15 is 0 Å². The van der Waals surface area contributed by atoms with E-state index in [1.165, 1.54) is 5.56 Å². The molecule has 0 aliphatic carbocycles. The van der Waals surface area contributed by atoms with Crippen LogP contribution in [-0.4, -0.2) is 18.6 Å². The Hall–Kier alpha value is -1.84. The smallest absolute Gasteiger partial charge is 0.323 e. The second-order valence-electron chi connectivity index (χ2n) is 5.85. The minimum absolute atomic E-state index is 0. The number of nitrogens with one attached hydrogen (secondary N) is 1. The van der Waals surface area contributed by atoms with Gasteiger partial charge in [0.15, 0.2) is 0 Å². The molecule has 0 saturated carbocycles. The molecule has 1 aliphatic rings. The molecule has 0 radical (unpaired) electrons. The van der Waals surface area contributed by atoms with Crippen molar-refractivity contribution in [2.75, 3.05) is 6.54 Å².